The highest BCUT2D eigenvalue weighted by Gasteiger charge is 2.46. The zero-order valence-corrected chi connectivity index (χ0v) is 19.9. The van der Waals surface area contributed by atoms with Crippen molar-refractivity contribution in [3.8, 4) is 0 Å². The smallest absolute Gasteiger partial charge is 0.0292 e. The first-order valence-electron chi connectivity index (χ1n) is 14.3. The Bertz CT molecular complexity index is 441. The Morgan fingerprint density at radius 3 is 1.66 bits per heavy atom. The van der Waals surface area contributed by atoms with Crippen molar-refractivity contribution in [2.24, 2.45) is 35.0 Å². The summed E-state index contributed by atoms with van der Waals surface area (Å²) in [6, 6.07) is 0. The zero-order chi connectivity index (χ0) is 19.9. The first-order valence-corrected chi connectivity index (χ1v) is 14.3. The maximum Gasteiger partial charge on any atom is -0.0292 e. The molecule has 0 aliphatic heterocycles. The van der Waals surface area contributed by atoms with Crippen LogP contribution in [0.2, 0.25) is 0 Å². The summed E-state index contributed by atoms with van der Waals surface area (Å²) in [6.07, 6.45) is 34.1. The van der Waals surface area contributed by atoms with Crippen LogP contribution in [0, 0.1) is 35.0 Å². The van der Waals surface area contributed by atoms with Crippen molar-refractivity contribution in [1.82, 2.24) is 0 Å². The molecule has 0 aromatic heterocycles. The predicted octanol–water partition coefficient (Wildman–Crippen LogP) is 9.71. The molecule has 4 rings (SSSR count). The summed E-state index contributed by atoms with van der Waals surface area (Å²) in [5.74, 6) is 5.38. The van der Waals surface area contributed by atoms with Crippen LogP contribution in [0.15, 0.2) is 0 Å². The molecule has 0 radical (unpaired) electrons. The molecule has 0 aromatic carbocycles. The molecule has 4 saturated carbocycles. The van der Waals surface area contributed by atoms with Crippen molar-refractivity contribution >= 4 is 0 Å². The number of hydrogen-bond donors (Lipinski definition) is 0. The Morgan fingerprint density at radius 2 is 1.07 bits per heavy atom. The van der Waals surface area contributed by atoms with Gasteiger partial charge in [-0.1, -0.05) is 129 Å². The maximum absolute atomic E-state index is 2.78. The van der Waals surface area contributed by atoms with Crippen LogP contribution in [0.1, 0.15) is 148 Å². The fourth-order valence-electron chi connectivity index (χ4n) is 8.80. The highest BCUT2D eigenvalue weighted by Crippen LogP contribution is 2.55. The van der Waals surface area contributed by atoms with E-state index in [1.807, 2.05) is 0 Å². The van der Waals surface area contributed by atoms with Gasteiger partial charge in [-0.15, -0.1) is 0 Å². The summed E-state index contributed by atoms with van der Waals surface area (Å²) < 4.78 is 0. The van der Waals surface area contributed by atoms with Crippen LogP contribution < -0.4 is 0 Å². The van der Waals surface area contributed by atoms with Crippen molar-refractivity contribution in [1.29, 1.82) is 0 Å². The predicted molar refractivity (Wildman–Crippen MR) is 127 cm³/mol. The van der Waals surface area contributed by atoms with Gasteiger partial charge in [0.05, 0.1) is 0 Å². The van der Waals surface area contributed by atoms with Gasteiger partial charge in [0, 0.05) is 0 Å². The van der Waals surface area contributed by atoms with E-state index in [1.165, 1.54) is 64.2 Å². The molecule has 2 atom stereocenters. The molecule has 0 aromatic rings. The van der Waals surface area contributed by atoms with Crippen molar-refractivity contribution in [3.05, 3.63) is 0 Å². The second-order valence-corrected chi connectivity index (χ2v) is 12.3. The van der Waals surface area contributed by atoms with Crippen LogP contribution in [-0.4, -0.2) is 0 Å². The largest absolute Gasteiger partial charge is 0.0594 e. The third-order valence-corrected chi connectivity index (χ3v) is 10.3. The van der Waals surface area contributed by atoms with E-state index in [0.717, 1.165) is 29.6 Å². The molecule has 0 bridgehead atoms. The van der Waals surface area contributed by atoms with Gasteiger partial charge in [0.15, 0.2) is 0 Å². The lowest BCUT2D eigenvalue weighted by molar-refractivity contribution is -0.0233. The minimum atomic E-state index is 0.676. The maximum atomic E-state index is 2.78. The summed E-state index contributed by atoms with van der Waals surface area (Å²) in [7, 11) is 0. The quantitative estimate of drug-likeness (QED) is 0.399. The van der Waals surface area contributed by atoms with Gasteiger partial charge in [0.2, 0.25) is 0 Å². The fraction of sp³-hybridized carbons (Fsp3) is 1.00. The molecule has 0 amide bonds. The number of hydrogen-bond acceptors (Lipinski definition) is 0. The van der Waals surface area contributed by atoms with Crippen LogP contribution in [0.4, 0.5) is 0 Å². The van der Waals surface area contributed by atoms with Crippen molar-refractivity contribution in [2.45, 2.75) is 148 Å². The number of rotatable bonds is 7. The average Bonchev–Trinajstić information content (AvgIpc) is 2.79. The summed E-state index contributed by atoms with van der Waals surface area (Å²) in [5, 5.41) is 0. The normalized spacial score (nSPS) is 30.1. The highest BCUT2D eigenvalue weighted by atomic mass is 14.5. The highest BCUT2D eigenvalue weighted by molar-refractivity contribution is 4.96. The van der Waals surface area contributed by atoms with E-state index in [2.05, 4.69) is 6.92 Å². The molecule has 0 nitrogen and oxygen atoms in total. The van der Waals surface area contributed by atoms with Crippen LogP contribution in [0.5, 0.6) is 0 Å². The van der Waals surface area contributed by atoms with Crippen LogP contribution in [0.3, 0.4) is 0 Å². The molecule has 4 aliphatic carbocycles. The van der Waals surface area contributed by atoms with Gasteiger partial charge < -0.3 is 0 Å². The van der Waals surface area contributed by atoms with Crippen molar-refractivity contribution in [3.63, 3.8) is 0 Å². The van der Waals surface area contributed by atoms with Gasteiger partial charge in [-0.25, -0.2) is 0 Å². The van der Waals surface area contributed by atoms with Crippen LogP contribution in [0.25, 0.3) is 0 Å². The third-order valence-electron chi connectivity index (χ3n) is 10.3. The standard InChI is InChI=1S/C29H52/c1-29(22-12-5-13-23-29)28(26-18-10-4-11-19-26)27(25-16-8-3-9-17-25)21-20-24-14-6-2-7-15-24/h24-28H,2-23H2,1H3. The molecule has 0 spiro atoms. The monoisotopic (exact) mass is 400 g/mol. The molecule has 4 aliphatic rings. The second-order valence-electron chi connectivity index (χ2n) is 12.3. The molecule has 0 N–H and O–H groups in total. The lowest BCUT2D eigenvalue weighted by Gasteiger charge is -2.52. The minimum absolute atomic E-state index is 0.676. The van der Waals surface area contributed by atoms with E-state index in [9.17, 15) is 0 Å². The minimum Gasteiger partial charge on any atom is -0.0594 e. The second kappa shape index (κ2) is 11.0. The van der Waals surface area contributed by atoms with Gasteiger partial charge in [0.25, 0.3) is 0 Å². The average molecular weight is 401 g/mol. The fourth-order valence-corrected chi connectivity index (χ4v) is 8.80. The van der Waals surface area contributed by atoms with E-state index in [-0.39, 0.29) is 0 Å². The topological polar surface area (TPSA) is 0 Å². The zero-order valence-electron chi connectivity index (χ0n) is 19.9. The summed E-state index contributed by atoms with van der Waals surface area (Å²) in [6.45, 7) is 2.78. The molecule has 168 valence electrons. The van der Waals surface area contributed by atoms with E-state index >= 15 is 0 Å². The van der Waals surface area contributed by atoms with Gasteiger partial charge in [0.1, 0.15) is 0 Å². The Balaban J connectivity index is 1.54. The lowest BCUT2D eigenvalue weighted by Crippen LogP contribution is -2.43. The third kappa shape index (κ3) is 5.83. The van der Waals surface area contributed by atoms with Gasteiger partial charge in [-0.2, -0.15) is 0 Å². The molecule has 0 heteroatoms. The van der Waals surface area contributed by atoms with E-state index in [0.29, 0.717) is 5.41 Å². The van der Waals surface area contributed by atoms with Crippen LogP contribution >= 0.6 is 0 Å². The first-order chi connectivity index (χ1) is 14.3. The first kappa shape index (κ1) is 22.2. The Hall–Kier alpha value is 0. The summed E-state index contributed by atoms with van der Waals surface area (Å²) in [5.41, 5.74) is 0.676. The van der Waals surface area contributed by atoms with Crippen molar-refractivity contribution < 1.29 is 0 Å². The van der Waals surface area contributed by atoms with Gasteiger partial charge in [-0.05, 0) is 54.3 Å². The van der Waals surface area contributed by atoms with Crippen LogP contribution in [-0.2, 0) is 0 Å². The lowest BCUT2D eigenvalue weighted by atomic mass is 9.53. The summed E-state index contributed by atoms with van der Waals surface area (Å²) in [4.78, 5) is 0. The van der Waals surface area contributed by atoms with Gasteiger partial charge >= 0.3 is 0 Å². The van der Waals surface area contributed by atoms with Crippen molar-refractivity contribution in [2.75, 3.05) is 0 Å². The molecule has 0 heterocycles. The Morgan fingerprint density at radius 1 is 0.586 bits per heavy atom. The van der Waals surface area contributed by atoms with E-state index in [4.69, 9.17) is 0 Å². The SMILES string of the molecule is CC1(C(C2CCCCC2)C(CCC2CCCCC2)C2CCCCC2)CCCCC1. The van der Waals surface area contributed by atoms with E-state index in [1.54, 1.807) is 77.0 Å². The Kier molecular flexibility index (Phi) is 8.45. The summed E-state index contributed by atoms with van der Waals surface area (Å²) >= 11 is 0. The molecule has 4 fully saturated rings. The van der Waals surface area contributed by atoms with Gasteiger partial charge in [-0.3, -0.25) is 0 Å². The molecular weight excluding hydrogens is 348 g/mol. The molecule has 0 saturated heterocycles. The molecule has 29 heavy (non-hydrogen) atoms. The Labute approximate surface area is 183 Å². The molecule has 2 unspecified atom stereocenters. The molecular formula is C29H52. The van der Waals surface area contributed by atoms with E-state index < -0.39 is 0 Å².